The van der Waals surface area contributed by atoms with Crippen molar-refractivity contribution in [2.24, 2.45) is 5.92 Å². The molecule has 2 N–H and O–H groups in total. The Balaban J connectivity index is 1.81. The maximum Gasteiger partial charge on any atom is 0.407 e. The smallest absolute Gasteiger partial charge is 0.407 e. The van der Waals surface area contributed by atoms with Crippen molar-refractivity contribution in [3.63, 3.8) is 0 Å². The van der Waals surface area contributed by atoms with Crippen LogP contribution < -0.4 is 10.6 Å². The minimum Gasteiger partial charge on any atom is -0.444 e. The van der Waals surface area contributed by atoms with E-state index in [-0.39, 0.29) is 17.9 Å². The molecule has 0 bridgehead atoms. The van der Waals surface area contributed by atoms with E-state index in [0.29, 0.717) is 6.54 Å². The molecule has 0 aromatic carbocycles. The van der Waals surface area contributed by atoms with Crippen LogP contribution in [0, 0.1) is 5.92 Å². The summed E-state index contributed by atoms with van der Waals surface area (Å²) in [5, 5.41) is 5.78. The fourth-order valence-electron chi connectivity index (χ4n) is 2.75. The number of allylic oxidation sites excluding steroid dienone is 2. The highest BCUT2D eigenvalue weighted by atomic mass is 16.6. The van der Waals surface area contributed by atoms with Crippen molar-refractivity contribution in [3.05, 3.63) is 24.3 Å². The summed E-state index contributed by atoms with van der Waals surface area (Å²) in [5.41, 5.74) is -0.433. The minimum atomic E-state index is -0.433. The predicted molar refractivity (Wildman–Crippen MR) is 106 cm³/mol. The van der Waals surface area contributed by atoms with Gasteiger partial charge in [0, 0.05) is 13.1 Å². The molecule has 2 amide bonds. The molecule has 0 saturated carbocycles. The molecular weight excluding hydrogens is 328 g/mol. The molecule has 148 valence electrons. The zero-order chi connectivity index (χ0) is 19.3. The Morgan fingerprint density at radius 1 is 0.808 bits per heavy atom. The molecule has 0 heterocycles. The van der Waals surface area contributed by atoms with E-state index in [4.69, 9.17) is 4.74 Å². The number of carbonyl (C=O) groups excluding carboxylic acids is 2. The second-order valence-electron chi connectivity index (χ2n) is 7.84. The van der Waals surface area contributed by atoms with Crippen molar-refractivity contribution < 1.29 is 14.3 Å². The standard InChI is InChI=1S/C21H36N2O3/c1-21(2,3)26-20(25)23-17-13-9-7-5-4-6-8-12-16-22-19(24)18-14-10-11-15-18/h10-11,14-15,18H,4-9,12-13,16-17H2,1-3H3,(H,22,24)(H,23,25). The van der Waals surface area contributed by atoms with E-state index in [1.165, 1.54) is 25.7 Å². The molecule has 1 aliphatic rings. The zero-order valence-corrected chi connectivity index (χ0v) is 16.7. The highest BCUT2D eigenvalue weighted by Crippen LogP contribution is 2.10. The lowest BCUT2D eigenvalue weighted by atomic mass is 10.1. The molecule has 0 unspecified atom stereocenters. The van der Waals surface area contributed by atoms with Crippen LogP contribution in [-0.4, -0.2) is 30.7 Å². The Labute approximate surface area is 158 Å². The monoisotopic (exact) mass is 364 g/mol. The first-order valence-corrected chi connectivity index (χ1v) is 9.98. The average Bonchev–Trinajstić information content (AvgIpc) is 3.08. The van der Waals surface area contributed by atoms with E-state index < -0.39 is 5.60 Å². The van der Waals surface area contributed by atoms with Gasteiger partial charge >= 0.3 is 6.09 Å². The lowest BCUT2D eigenvalue weighted by molar-refractivity contribution is -0.122. The third-order valence-corrected chi connectivity index (χ3v) is 4.12. The van der Waals surface area contributed by atoms with Gasteiger partial charge in [-0.15, -0.1) is 0 Å². The van der Waals surface area contributed by atoms with E-state index in [2.05, 4.69) is 10.6 Å². The second-order valence-corrected chi connectivity index (χ2v) is 7.84. The van der Waals surface area contributed by atoms with E-state index >= 15 is 0 Å². The number of amides is 2. The molecule has 0 radical (unpaired) electrons. The van der Waals surface area contributed by atoms with Crippen molar-refractivity contribution in [3.8, 4) is 0 Å². The first kappa shape index (κ1) is 22.3. The fraction of sp³-hybridized carbons (Fsp3) is 0.714. The summed E-state index contributed by atoms with van der Waals surface area (Å²) in [4.78, 5) is 23.2. The van der Waals surface area contributed by atoms with E-state index in [9.17, 15) is 9.59 Å². The van der Waals surface area contributed by atoms with Crippen LogP contribution in [0.15, 0.2) is 24.3 Å². The number of carbonyl (C=O) groups is 2. The molecule has 5 heteroatoms. The second kappa shape index (κ2) is 12.6. The third-order valence-electron chi connectivity index (χ3n) is 4.12. The van der Waals surface area contributed by atoms with E-state index in [1.54, 1.807) is 0 Å². The number of alkyl carbamates (subject to hydrolysis) is 1. The van der Waals surface area contributed by atoms with Gasteiger partial charge in [0.2, 0.25) is 5.91 Å². The third kappa shape index (κ3) is 11.7. The van der Waals surface area contributed by atoms with Gasteiger partial charge in [0.1, 0.15) is 5.60 Å². The van der Waals surface area contributed by atoms with Crippen molar-refractivity contribution in [1.29, 1.82) is 0 Å². The van der Waals surface area contributed by atoms with Crippen LogP contribution in [0.2, 0.25) is 0 Å². The number of nitrogens with one attached hydrogen (secondary N) is 2. The summed E-state index contributed by atoms with van der Waals surface area (Å²) in [6, 6.07) is 0. The molecule has 0 spiro atoms. The zero-order valence-electron chi connectivity index (χ0n) is 16.7. The average molecular weight is 365 g/mol. The first-order valence-electron chi connectivity index (χ1n) is 9.98. The van der Waals surface area contributed by atoms with Gasteiger partial charge in [-0.2, -0.15) is 0 Å². The summed E-state index contributed by atoms with van der Waals surface area (Å²) in [6.07, 6.45) is 16.6. The molecule has 0 atom stereocenters. The number of rotatable bonds is 12. The first-order chi connectivity index (χ1) is 12.4. The van der Waals surface area contributed by atoms with E-state index in [1.807, 2.05) is 45.1 Å². The van der Waals surface area contributed by atoms with Gasteiger partial charge in [-0.1, -0.05) is 62.8 Å². The van der Waals surface area contributed by atoms with Gasteiger partial charge in [-0.3, -0.25) is 4.79 Å². The highest BCUT2D eigenvalue weighted by Gasteiger charge is 2.15. The number of ether oxygens (including phenoxy) is 1. The molecular formula is C21H36N2O3. The van der Waals surface area contributed by atoms with Gasteiger partial charge in [-0.05, 0) is 33.6 Å². The quantitative estimate of drug-likeness (QED) is 0.501. The van der Waals surface area contributed by atoms with Crippen LogP contribution in [0.25, 0.3) is 0 Å². The number of hydrogen-bond donors (Lipinski definition) is 2. The molecule has 5 nitrogen and oxygen atoms in total. The van der Waals surface area contributed by atoms with Crippen molar-refractivity contribution in [1.82, 2.24) is 10.6 Å². The SMILES string of the molecule is CC(C)(C)OC(=O)NCCCCCCCCCCNC(=O)C1C=CC=C1. The highest BCUT2D eigenvalue weighted by molar-refractivity contribution is 5.83. The van der Waals surface area contributed by atoms with Gasteiger partial charge < -0.3 is 15.4 Å². The van der Waals surface area contributed by atoms with Crippen LogP contribution in [0.5, 0.6) is 0 Å². The fourth-order valence-corrected chi connectivity index (χ4v) is 2.75. The lowest BCUT2D eigenvalue weighted by Gasteiger charge is -2.19. The molecule has 26 heavy (non-hydrogen) atoms. The molecule has 0 fully saturated rings. The van der Waals surface area contributed by atoms with Crippen molar-refractivity contribution in [2.75, 3.05) is 13.1 Å². The van der Waals surface area contributed by atoms with Gasteiger partial charge in [0.25, 0.3) is 0 Å². The Kier molecular flexibility index (Phi) is 10.7. The molecule has 0 aromatic heterocycles. The van der Waals surface area contributed by atoms with Crippen LogP contribution in [0.3, 0.4) is 0 Å². The minimum absolute atomic E-state index is 0.0696. The summed E-state index contributed by atoms with van der Waals surface area (Å²) in [6.45, 7) is 7.05. The summed E-state index contributed by atoms with van der Waals surface area (Å²) < 4.78 is 5.19. The summed E-state index contributed by atoms with van der Waals surface area (Å²) in [5.74, 6) is 0.0369. The predicted octanol–water partition coefficient (Wildman–Crippen LogP) is 4.49. The van der Waals surface area contributed by atoms with Gasteiger partial charge in [0.15, 0.2) is 0 Å². The summed E-state index contributed by atoms with van der Waals surface area (Å²) >= 11 is 0. The topological polar surface area (TPSA) is 67.4 Å². The Morgan fingerprint density at radius 2 is 1.27 bits per heavy atom. The molecule has 0 saturated heterocycles. The van der Waals surface area contributed by atoms with Crippen LogP contribution >= 0.6 is 0 Å². The van der Waals surface area contributed by atoms with Gasteiger partial charge in [0.05, 0.1) is 5.92 Å². The van der Waals surface area contributed by atoms with Gasteiger partial charge in [-0.25, -0.2) is 4.79 Å². The van der Waals surface area contributed by atoms with E-state index in [0.717, 1.165) is 32.2 Å². The Bertz CT molecular complexity index is 466. The molecule has 1 aliphatic carbocycles. The van der Waals surface area contributed by atoms with Crippen LogP contribution in [0.4, 0.5) is 4.79 Å². The van der Waals surface area contributed by atoms with Crippen LogP contribution in [-0.2, 0) is 9.53 Å². The molecule has 1 rings (SSSR count). The maximum atomic E-state index is 11.8. The van der Waals surface area contributed by atoms with Crippen molar-refractivity contribution in [2.45, 2.75) is 77.7 Å². The molecule has 0 aliphatic heterocycles. The van der Waals surface area contributed by atoms with Crippen LogP contribution in [0.1, 0.15) is 72.1 Å². The molecule has 0 aromatic rings. The maximum absolute atomic E-state index is 11.8. The lowest BCUT2D eigenvalue weighted by Crippen LogP contribution is -2.32. The normalized spacial score (nSPS) is 13.8. The Hall–Kier alpha value is -1.78. The Morgan fingerprint density at radius 3 is 1.77 bits per heavy atom. The van der Waals surface area contributed by atoms with Crippen molar-refractivity contribution >= 4 is 12.0 Å². The summed E-state index contributed by atoms with van der Waals surface area (Å²) in [7, 11) is 0. The number of unbranched alkanes of at least 4 members (excludes halogenated alkanes) is 7. The largest absolute Gasteiger partial charge is 0.444 e. The number of hydrogen-bond acceptors (Lipinski definition) is 3.